The maximum Gasteiger partial charge on any atom is 0.234 e. The summed E-state index contributed by atoms with van der Waals surface area (Å²) in [5.74, 6) is -10.4. The van der Waals surface area contributed by atoms with Crippen LogP contribution in [0.25, 0.3) is 0 Å². The third-order valence-electron chi connectivity index (χ3n) is 3.01. The van der Waals surface area contributed by atoms with Crippen molar-refractivity contribution in [1.82, 2.24) is 10.2 Å². The third kappa shape index (κ3) is 4.89. The summed E-state index contributed by atoms with van der Waals surface area (Å²) in [4.78, 5) is 13.1. The minimum absolute atomic E-state index is 0.192. The molecule has 0 fully saturated rings. The second kappa shape index (κ2) is 7.25. The molecule has 8 heteroatoms. The predicted molar refractivity (Wildman–Crippen MR) is 75.1 cm³/mol. The number of halogens is 5. The van der Waals surface area contributed by atoms with Crippen LogP contribution in [0.2, 0.25) is 0 Å². The zero-order chi connectivity index (χ0) is 17.9. The van der Waals surface area contributed by atoms with E-state index >= 15 is 0 Å². The minimum Gasteiger partial charge on any atom is -0.350 e. The van der Waals surface area contributed by atoms with Gasteiger partial charge in [0.05, 0.1) is 6.54 Å². The Balaban J connectivity index is 2.99. The van der Waals surface area contributed by atoms with E-state index in [0.29, 0.717) is 0 Å². The molecule has 0 unspecified atom stereocenters. The third-order valence-corrected chi connectivity index (χ3v) is 3.01. The molecule has 1 aromatic carbocycles. The molecule has 0 bridgehead atoms. The van der Waals surface area contributed by atoms with Crippen LogP contribution in [0.15, 0.2) is 0 Å². The fraction of sp³-hybridized carbons (Fsp3) is 0.533. The SMILES string of the molecule is CCN(CC(=O)NC(C)(C)C)Cc1c(F)c(F)c(F)c(F)c1F. The summed E-state index contributed by atoms with van der Waals surface area (Å²) < 4.78 is 66.7. The van der Waals surface area contributed by atoms with Crippen LogP contribution in [0, 0.1) is 29.1 Å². The molecule has 0 radical (unpaired) electrons. The normalized spacial score (nSPS) is 11.9. The number of carbonyl (C=O) groups is 1. The summed E-state index contributed by atoms with van der Waals surface area (Å²) in [5.41, 5.74) is -1.45. The highest BCUT2D eigenvalue weighted by Crippen LogP contribution is 2.24. The summed E-state index contributed by atoms with van der Waals surface area (Å²) in [7, 11) is 0. The van der Waals surface area contributed by atoms with Gasteiger partial charge in [-0.05, 0) is 27.3 Å². The topological polar surface area (TPSA) is 32.3 Å². The van der Waals surface area contributed by atoms with Crippen LogP contribution in [0.4, 0.5) is 22.0 Å². The minimum atomic E-state index is -2.20. The van der Waals surface area contributed by atoms with Gasteiger partial charge in [0.25, 0.3) is 0 Å². The van der Waals surface area contributed by atoms with Gasteiger partial charge in [0, 0.05) is 17.6 Å². The zero-order valence-corrected chi connectivity index (χ0v) is 13.4. The number of likely N-dealkylation sites (N-methyl/N-ethyl adjacent to an activating group) is 1. The van der Waals surface area contributed by atoms with Crippen molar-refractivity contribution in [1.29, 1.82) is 0 Å². The summed E-state index contributed by atoms with van der Waals surface area (Å²) in [6, 6.07) is 0. The first-order valence-electron chi connectivity index (χ1n) is 7.01. The fourth-order valence-corrected chi connectivity index (χ4v) is 1.95. The molecule has 0 spiro atoms. The first-order valence-corrected chi connectivity index (χ1v) is 7.01. The Morgan fingerprint density at radius 1 is 0.957 bits per heavy atom. The van der Waals surface area contributed by atoms with Gasteiger partial charge in [0.1, 0.15) is 0 Å². The van der Waals surface area contributed by atoms with Crippen molar-refractivity contribution in [2.45, 2.75) is 39.8 Å². The van der Waals surface area contributed by atoms with Crippen molar-refractivity contribution in [3.63, 3.8) is 0 Å². The summed E-state index contributed by atoms with van der Waals surface area (Å²) in [5, 5.41) is 2.65. The molecule has 3 nitrogen and oxygen atoms in total. The summed E-state index contributed by atoms with van der Waals surface area (Å²) in [6.45, 7) is 6.27. The maximum atomic E-state index is 13.7. The second-order valence-corrected chi connectivity index (χ2v) is 6.15. The molecule has 0 aliphatic rings. The van der Waals surface area contributed by atoms with Crippen molar-refractivity contribution >= 4 is 5.91 Å². The first kappa shape index (κ1) is 19.3. The molecule has 0 aliphatic carbocycles. The van der Waals surface area contributed by atoms with E-state index in [0.717, 1.165) is 0 Å². The monoisotopic (exact) mass is 338 g/mol. The van der Waals surface area contributed by atoms with Gasteiger partial charge in [-0.25, -0.2) is 22.0 Å². The summed E-state index contributed by atoms with van der Waals surface area (Å²) >= 11 is 0. The van der Waals surface area contributed by atoms with Crippen LogP contribution in [0.5, 0.6) is 0 Å². The maximum absolute atomic E-state index is 13.7. The smallest absolute Gasteiger partial charge is 0.234 e. The highest BCUT2D eigenvalue weighted by Gasteiger charge is 2.27. The van der Waals surface area contributed by atoms with Gasteiger partial charge in [0.2, 0.25) is 11.7 Å². The molecule has 23 heavy (non-hydrogen) atoms. The molecule has 1 rings (SSSR count). The van der Waals surface area contributed by atoms with E-state index in [9.17, 15) is 26.7 Å². The van der Waals surface area contributed by atoms with Crippen molar-refractivity contribution < 1.29 is 26.7 Å². The van der Waals surface area contributed by atoms with Crippen LogP contribution >= 0.6 is 0 Å². The van der Waals surface area contributed by atoms with Crippen LogP contribution in [0.1, 0.15) is 33.3 Å². The van der Waals surface area contributed by atoms with Crippen molar-refractivity contribution in [3.8, 4) is 0 Å². The quantitative estimate of drug-likeness (QED) is 0.508. The second-order valence-electron chi connectivity index (χ2n) is 6.15. The van der Waals surface area contributed by atoms with E-state index in [1.807, 2.05) is 0 Å². The van der Waals surface area contributed by atoms with E-state index < -0.39 is 52.6 Å². The molecule has 1 amide bonds. The number of hydrogen-bond donors (Lipinski definition) is 1. The van der Waals surface area contributed by atoms with Gasteiger partial charge < -0.3 is 5.32 Å². The molecule has 0 saturated heterocycles. The van der Waals surface area contributed by atoms with Gasteiger partial charge in [0.15, 0.2) is 23.3 Å². The number of benzene rings is 1. The standard InChI is InChI=1S/C15H19F5N2O/c1-5-22(7-9(23)21-15(2,3)4)6-8-10(16)12(18)14(20)13(19)11(8)17/h5-7H2,1-4H3,(H,21,23). The van der Waals surface area contributed by atoms with Crippen molar-refractivity contribution in [3.05, 3.63) is 34.6 Å². The fourth-order valence-electron chi connectivity index (χ4n) is 1.95. The Bertz CT molecular complexity index is 570. The average Bonchev–Trinajstić information content (AvgIpc) is 2.44. The lowest BCUT2D eigenvalue weighted by Gasteiger charge is -2.25. The molecule has 0 aromatic heterocycles. The van der Waals surface area contributed by atoms with Crippen molar-refractivity contribution in [2.24, 2.45) is 0 Å². The predicted octanol–water partition coefficient (Wildman–Crippen LogP) is 3.12. The lowest BCUT2D eigenvalue weighted by atomic mass is 10.1. The number of hydrogen-bond acceptors (Lipinski definition) is 2. The molecule has 1 N–H and O–H groups in total. The zero-order valence-electron chi connectivity index (χ0n) is 13.4. The molecular weight excluding hydrogens is 319 g/mol. The van der Waals surface area contributed by atoms with Crippen molar-refractivity contribution in [2.75, 3.05) is 13.1 Å². The molecule has 0 aliphatic heterocycles. The van der Waals surface area contributed by atoms with Gasteiger partial charge >= 0.3 is 0 Å². The number of nitrogens with zero attached hydrogens (tertiary/aromatic N) is 1. The van der Waals surface area contributed by atoms with Crippen LogP contribution < -0.4 is 5.32 Å². The summed E-state index contributed by atoms with van der Waals surface area (Å²) in [6.07, 6.45) is 0. The van der Waals surface area contributed by atoms with E-state index in [-0.39, 0.29) is 13.1 Å². The lowest BCUT2D eigenvalue weighted by molar-refractivity contribution is -0.123. The van der Waals surface area contributed by atoms with Crippen LogP contribution in [-0.2, 0) is 11.3 Å². The first-order chi connectivity index (χ1) is 10.5. The van der Waals surface area contributed by atoms with Gasteiger partial charge in [-0.15, -0.1) is 0 Å². The molecule has 0 saturated carbocycles. The molecule has 0 atom stereocenters. The van der Waals surface area contributed by atoms with Crippen LogP contribution in [-0.4, -0.2) is 29.4 Å². The molecular formula is C15H19F5N2O. The number of amides is 1. The molecule has 1 aromatic rings. The number of nitrogens with one attached hydrogen (secondary N) is 1. The highest BCUT2D eigenvalue weighted by molar-refractivity contribution is 5.78. The van der Waals surface area contributed by atoms with E-state index in [1.165, 1.54) is 4.90 Å². The van der Waals surface area contributed by atoms with Gasteiger partial charge in [-0.3, -0.25) is 9.69 Å². The molecule has 130 valence electrons. The average molecular weight is 338 g/mol. The molecule has 0 heterocycles. The van der Waals surface area contributed by atoms with Gasteiger partial charge in [-0.1, -0.05) is 6.92 Å². The number of carbonyl (C=O) groups excluding carboxylic acids is 1. The Morgan fingerprint density at radius 3 is 1.78 bits per heavy atom. The largest absolute Gasteiger partial charge is 0.350 e. The van der Waals surface area contributed by atoms with E-state index in [1.54, 1.807) is 27.7 Å². The Kier molecular flexibility index (Phi) is 6.10. The van der Waals surface area contributed by atoms with Crippen LogP contribution in [0.3, 0.4) is 0 Å². The lowest BCUT2D eigenvalue weighted by Crippen LogP contribution is -2.45. The highest BCUT2D eigenvalue weighted by atomic mass is 19.2. The number of rotatable bonds is 5. The van der Waals surface area contributed by atoms with E-state index in [2.05, 4.69) is 5.32 Å². The Morgan fingerprint density at radius 2 is 1.39 bits per heavy atom. The van der Waals surface area contributed by atoms with E-state index in [4.69, 9.17) is 0 Å². The Hall–Kier alpha value is -1.70. The Labute approximate surface area is 131 Å². The van der Waals surface area contributed by atoms with Gasteiger partial charge in [-0.2, -0.15) is 0 Å².